The first-order valence-corrected chi connectivity index (χ1v) is 6.54. The zero-order valence-corrected chi connectivity index (χ0v) is 11.1. The van der Waals surface area contributed by atoms with E-state index in [9.17, 15) is 14.4 Å². The van der Waals surface area contributed by atoms with Crippen molar-refractivity contribution in [1.29, 1.82) is 0 Å². The summed E-state index contributed by atoms with van der Waals surface area (Å²) < 4.78 is 15.1. The van der Waals surface area contributed by atoms with Gasteiger partial charge in [0.2, 0.25) is 0 Å². The summed E-state index contributed by atoms with van der Waals surface area (Å²) in [5.74, 6) is -1.55. The van der Waals surface area contributed by atoms with Crippen LogP contribution in [0.5, 0.6) is 0 Å². The molecule has 1 aliphatic heterocycles. The lowest BCUT2D eigenvalue weighted by molar-refractivity contribution is -0.170. The van der Waals surface area contributed by atoms with Gasteiger partial charge in [0.05, 0.1) is 11.8 Å². The monoisotopic (exact) mass is 270 g/mol. The molecular weight excluding hydrogens is 252 g/mol. The van der Waals surface area contributed by atoms with Gasteiger partial charge in [-0.2, -0.15) is 0 Å². The molecule has 1 saturated heterocycles. The molecule has 2 bridgehead atoms. The molecule has 2 rings (SSSR count). The maximum absolute atomic E-state index is 11.6. The lowest BCUT2D eigenvalue weighted by atomic mass is 9.88. The van der Waals surface area contributed by atoms with Crippen LogP contribution in [0.3, 0.4) is 0 Å². The van der Waals surface area contributed by atoms with E-state index in [-0.39, 0.29) is 23.9 Å². The third kappa shape index (κ3) is 3.24. The van der Waals surface area contributed by atoms with Gasteiger partial charge in [0.1, 0.15) is 12.2 Å². The van der Waals surface area contributed by atoms with Gasteiger partial charge < -0.3 is 14.2 Å². The molecule has 1 aliphatic carbocycles. The van der Waals surface area contributed by atoms with Gasteiger partial charge in [-0.25, -0.2) is 4.79 Å². The molecule has 0 spiro atoms. The van der Waals surface area contributed by atoms with Crippen molar-refractivity contribution in [2.45, 2.75) is 45.3 Å². The highest BCUT2D eigenvalue weighted by Gasteiger charge is 2.45. The van der Waals surface area contributed by atoms with Crippen LogP contribution in [0.1, 0.15) is 33.1 Å². The van der Waals surface area contributed by atoms with Crippen molar-refractivity contribution in [1.82, 2.24) is 0 Å². The normalized spacial score (nSPS) is 29.0. The molecule has 0 aromatic heterocycles. The number of esters is 3. The Labute approximate surface area is 111 Å². The second-order valence-electron chi connectivity index (χ2n) is 5.28. The quantitative estimate of drug-likeness (QED) is 0.556. The molecule has 6 nitrogen and oxygen atoms in total. The lowest BCUT2D eigenvalue weighted by Gasteiger charge is -2.25. The number of rotatable bonds is 4. The van der Waals surface area contributed by atoms with Gasteiger partial charge in [0, 0.05) is 6.42 Å². The van der Waals surface area contributed by atoms with Crippen LogP contribution in [-0.2, 0) is 28.6 Å². The van der Waals surface area contributed by atoms with Crippen molar-refractivity contribution in [2.24, 2.45) is 11.8 Å². The van der Waals surface area contributed by atoms with Crippen LogP contribution in [0, 0.1) is 11.8 Å². The Balaban J connectivity index is 1.77. The second-order valence-corrected chi connectivity index (χ2v) is 5.28. The van der Waals surface area contributed by atoms with Crippen LogP contribution >= 0.6 is 0 Å². The Bertz CT molecular complexity index is 389. The highest BCUT2D eigenvalue weighted by Crippen LogP contribution is 2.35. The minimum atomic E-state index is -0.597. The fourth-order valence-corrected chi connectivity index (χ4v) is 2.32. The Hall–Kier alpha value is -1.59. The molecule has 0 aromatic carbocycles. The molecule has 3 unspecified atom stereocenters. The van der Waals surface area contributed by atoms with Gasteiger partial charge in [-0.15, -0.1) is 0 Å². The summed E-state index contributed by atoms with van der Waals surface area (Å²) in [7, 11) is 0. The van der Waals surface area contributed by atoms with E-state index in [1.807, 2.05) is 0 Å². The first kappa shape index (κ1) is 13.8. The Kier molecular flexibility index (Phi) is 4.07. The largest absolute Gasteiger partial charge is 0.458 e. The van der Waals surface area contributed by atoms with Crippen molar-refractivity contribution in [2.75, 3.05) is 6.61 Å². The smallest absolute Gasteiger partial charge is 0.344 e. The molecule has 0 radical (unpaired) electrons. The highest BCUT2D eigenvalue weighted by atomic mass is 16.6. The number of fused-ring (bicyclic) bond motifs is 2. The number of carbonyl (C=O) groups is 3. The number of hydrogen-bond donors (Lipinski definition) is 0. The number of hydrogen-bond acceptors (Lipinski definition) is 6. The molecule has 6 heteroatoms. The standard InChI is InChI=1S/C13H18O6/c1-7(2)12(15)17-6-11(14)18-9-4-3-8-5-10(9)19-13(8)16/h7-10H,3-6H2,1-2H3. The topological polar surface area (TPSA) is 78.9 Å². The fourth-order valence-electron chi connectivity index (χ4n) is 2.32. The molecule has 2 aliphatic rings. The third-order valence-corrected chi connectivity index (χ3v) is 3.42. The van der Waals surface area contributed by atoms with E-state index in [0.29, 0.717) is 19.3 Å². The first-order valence-electron chi connectivity index (χ1n) is 6.54. The second kappa shape index (κ2) is 5.59. The van der Waals surface area contributed by atoms with Gasteiger partial charge in [-0.3, -0.25) is 9.59 Å². The van der Waals surface area contributed by atoms with Crippen LogP contribution in [0.2, 0.25) is 0 Å². The molecule has 106 valence electrons. The summed E-state index contributed by atoms with van der Waals surface area (Å²) in [6.07, 6.45) is 1.16. The van der Waals surface area contributed by atoms with Gasteiger partial charge in [0.15, 0.2) is 6.61 Å². The molecule has 0 amide bonds. The molecule has 2 fully saturated rings. The first-order chi connectivity index (χ1) is 8.97. The average Bonchev–Trinajstić information content (AvgIpc) is 2.66. The van der Waals surface area contributed by atoms with Crippen molar-refractivity contribution < 1.29 is 28.6 Å². The van der Waals surface area contributed by atoms with E-state index >= 15 is 0 Å². The van der Waals surface area contributed by atoms with Crippen LogP contribution in [0.15, 0.2) is 0 Å². The van der Waals surface area contributed by atoms with Gasteiger partial charge in [-0.1, -0.05) is 13.8 Å². The van der Waals surface area contributed by atoms with Crippen molar-refractivity contribution >= 4 is 17.9 Å². The van der Waals surface area contributed by atoms with Crippen molar-refractivity contribution in [3.05, 3.63) is 0 Å². The predicted octanol–water partition coefficient (Wildman–Crippen LogP) is 0.823. The molecule has 1 saturated carbocycles. The predicted molar refractivity (Wildman–Crippen MR) is 62.9 cm³/mol. The SMILES string of the molecule is CC(C)C(=O)OCC(=O)OC1CCC2CC1OC2=O. The van der Waals surface area contributed by atoms with Gasteiger partial charge >= 0.3 is 17.9 Å². The van der Waals surface area contributed by atoms with Crippen LogP contribution < -0.4 is 0 Å². The van der Waals surface area contributed by atoms with E-state index in [2.05, 4.69) is 0 Å². The summed E-state index contributed by atoms with van der Waals surface area (Å²) >= 11 is 0. The van der Waals surface area contributed by atoms with E-state index in [1.54, 1.807) is 13.8 Å². The fraction of sp³-hybridized carbons (Fsp3) is 0.769. The number of carbonyl (C=O) groups excluding carboxylic acids is 3. The Morgan fingerprint density at radius 2 is 2.11 bits per heavy atom. The van der Waals surface area contributed by atoms with E-state index in [0.717, 1.165) is 0 Å². The summed E-state index contributed by atoms with van der Waals surface area (Å²) in [6, 6.07) is 0. The number of ether oxygens (including phenoxy) is 3. The van der Waals surface area contributed by atoms with E-state index in [1.165, 1.54) is 0 Å². The maximum atomic E-state index is 11.6. The van der Waals surface area contributed by atoms with Crippen LogP contribution in [0.25, 0.3) is 0 Å². The third-order valence-electron chi connectivity index (χ3n) is 3.42. The lowest BCUT2D eigenvalue weighted by Crippen LogP contribution is -2.35. The Morgan fingerprint density at radius 3 is 2.79 bits per heavy atom. The molecule has 0 aromatic rings. The van der Waals surface area contributed by atoms with Gasteiger partial charge in [-0.05, 0) is 12.8 Å². The molecule has 3 atom stereocenters. The van der Waals surface area contributed by atoms with E-state index < -0.39 is 24.6 Å². The minimum absolute atomic E-state index is 0.0429. The van der Waals surface area contributed by atoms with E-state index in [4.69, 9.17) is 14.2 Å². The molecule has 1 heterocycles. The summed E-state index contributed by atoms with van der Waals surface area (Å²) in [6.45, 7) is 2.98. The summed E-state index contributed by atoms with van der Waals surface area (Å²) in [4.78, 5) is 34.1. The summed E-state index contributed by atoms with van der Waals surface area (Å²) in [5.41, 5.74) is 0. The maximum Gasteiger partial charge on any atom is 0.344 e. The molecular formula is C13H18O6. The molecule has 19 heavy (non-hydrogen) atoms. The van der Waals surface area contributed by atoms with Crippen molar-refractivity contribution in [3.8, 4) is 0 Å². The van der Waals surface area contributed by atoms with Crippen molar-refractivity contribution in [3.63, 3.8) is 0 Å². The Morgan fingerprint density at radius 1 is 1.37 bits per heavy atom. The minimum Gasteiger partial charge on any atom is -0.458 e. The average molecular weight is 270 g/mol. The zero-order valence-electron chi connectivity index (χ0n) is 11.1. The molecule has 0 N–H and O–H groups in total. The highest BCUT2D eigenvalue weighted by molar-refractivity contribution is 5.78. The zero-order chi connectivity index (χ0) is 14.0. The van der Waals surface area contributed by atoms with Crippen LogP contribution in [0.4, 0.5) is 0 Å². The summed E-state index contributed by atoms with van der Waals surface area (Å²) in [5, 5.41) is 0. The van der Waals surface area contributed by atoms with Gasteiger partial charge in [0.25, 0.3) is 0 Å². The van der Waals surface area contributed by atoms with Crippen LogP contribution in [-0.4, -0.2) is 36.7 Å².